The van der Waals surface area contributed by atoms with Crippen molar-refractivity contribution in [1.82, 2.24) is 9.97 Å². The lowest BCUT2D eigenvalue weighted by Gasteiger charge is -2.19. The second kappa shape index (κ2) is 13.3. The van der Waals surface area contributed by atoms with Crippen LogP contribution in [0, 0.1) is 0 Å². The Bertz CT molecular complexity index is 3450. The van der Waals surface area contributed by atoms with E-state index in [1.54, 1.807) is 0 Å². The van der Waals surface area contributed by atoms with E-state index < -0.39 is 0 Å². The summed E-state index contributed by atoms with van der Waals surface area (Å²) in [5.41, 5.74) is 9.72. The van der Waals surface area contributed by atoms with Crippen LogP contribution < -0.4 is 0 Å². The first-order chi connectivity index (χ1) is 28.8. The van der Waals surface area contributed by atoms with Crippen LogP contribution in [0.25, 0.3) is 118 Å². The number of rotatable bonds is 5. The lowest BCUT2D eigenvalue weighted by Crippen LogP contribution is -1.99. The highest BCUT2D eigenvalue weighted by Crippen LogP contribution is 2.47. The van der Waals surface area contributed by atoms with Gasteiger partial charge < -0.3 is 0 Å². The molecule has 0 aliphatic carbocycles. The molecule has 3 aromatic heterocycles. The molecular formula is C54H32N2S2. The number of aromatic nitrogens is 2. The highest BCUT2D eigenvalue weighted by atomic mass is 32.1. The van der Waals surface area contributed by atoms with E-state index in [-0.39, 0.29) is 0 Å². The molecule has 4 heteroatoms. The Morgan fingerprint density at radius 2 is 0.776 bits per heavy atom. The Balaban J connectivity index is 1.21. The van der Waals surface area contributed by atoms with Crippen LogP contribution in [0.4, 0.5) is 0 Å². The largest absolute Gasteiger partial charge is 0.228 e. The third-order valence-electron chi connectivity index (χ3n) is 11.5. The lowest BCUT2D eigenvalue weighted by atomic mass is 9.85. The number of thiophene rings is 2. The average molecular weight is 773 g/mol. The first-order valence-electron chi connectivity index (χ1n) is 19.6. The second-order valence-corrected chi connectivity index (χ2v) is 16.9. The predicted octanol–water partition coefficient (Wildman–Crippen LogP) is 15.9. The first-order valence-corrected chi connectivity index (χ1v) is 21.2. The van der Waals surface area contributed by atoms with Gasteiger partial charge in [-0.2, -0.15) is 0 Å². The fourth-order valence-electron chi connectivity index (χ4n) is 8.87. The molecule has 0 bridgehead atoms. The van der Waals surface area contributed by atoms with Crippen molar-refractivity contribution in [2.45, 2.75) is 0 Å². The smallest absolute Gasteiger partial charge is 0.161 e. The Kier molecular flexibility index (Phi) is 7.62. The molecule has 0 atom stereocenters. The van der Waals surface area contributed by atoms with E-state index >= 15 is 0 Å². The second-order valence-electron chi connectivity index (χ2n) is 14.8. The van der Waals surface area contributed by atoms with Crippen LogP contribution in [0.1, 0.15) is 0 Å². The third kappa shape index (κ3) is 5.23. The summed E-state index contributed by atoms with van der Waals surface area (Å²) in [6, 6.07) is 70.2. The molecule has 12 rings (SSSR count). The Labute approximate surface area is 343 Å². The van der Waals surface area contributed by atoms with Gasteiger partial charge in [-0.15, -0.1) is 22.7 Å². The molecule has 0 fully saturated rings. The molecular weight excluding hydrogens is 741 g/mol. The van der Waals surface area contributed by atoms with Gasteiger partial charge in [0.15, 0.2) is 5.82 Å². The minimum Gasteiger partial charge on any atom is -0.228 e. The highest BCUT2D eigenvalue weighted by Gasteiger charge is 2.23. The standard InChI is InChI=1S/C54H32N2S2/c1-2-14-33(15-3-1)38-30-28-34-16-4-6-18-36(34)50(38)45-31-29-35-17-5-7-19-37(35)51(45)54-55-46(43-24-12-22-41-39-20-8-10-26-48(39)57-52(41)43)32-47(56-54)44-25-13-23-42-40-21-9-11-27-49(40)58-53(42)44/h1-32H. The minimum absolute atomic E-state index is 0.711. The van der Waals surface area contributed by atoms with Crippen LogP contribution in [0.2, 0.25) is 0 Å². The summed E-state index contributed by atoms with van der Waals surface area (Å²) in [6.45, 7) is 0. The van der Waals surface area contributed by atoms with Crippen LogP contribution in [0.3, 0.4) is 0 Å². The van der Waals surface area contributed by atoms with Crippen molar-refractivity contribution >= 4 is 84.6 Å². The van der Waals surface area contributed by atoms with Crippen molar-refractivity contribution in [1.29, 1.82) is 0 Å². The SMILES string of the molecule is c1ccc(-c2ccc3ccccc3c2-c2ccc3ccccc3c2-c2nc(-c3cccc4c3sc3ccccc34)cc(-c3cccc4c3sc3ccccc34)n2)cc1. The molecule has 0 radical (unpaired) electrons. The van der Waals surface area contributed by atoms with Gasteiger partial charge in [0.25, 0.3) is 0 Å². The highest BCUT2D eigenvalue weighted by molar-refractivity contribution is 7.26. The van der Waals surface area contributed by atoms with Gasteiger partial charge in [0.05, 0.1) is 11.4 Å². The average Bonchev–Trinajstić information content (AvgIpc) is 3.87. The molecule has 3 heterocycles. The number of benzene rings is 9. The summed E-state index contributed by atoms with van der Waals surface area (Å²) >= 11 is 3.67. The molecule has 0 amide bonds. The summed E-state index contributed by atoms with van der Waals surface area (Å²) in [6.07, 6.45) is 0. The van der Waals surface area contributed by atoms with Gasteiger partial charge >= 0.3 is 0 Å². The molecule has 58 heavy (non-hydrogen) atoms. The van der Waals surface area contributed by atoms with Gasteiger partial charge in [0, 0.05) is 57.0 Å². The number of nitrogens with zero attached hydrogens (tertiary/aromatic N) is 2. The maximum atomic E-state index is 5.66. The molecule has 0 saturated carbocycles. The van der Waals surface area contributed by atoms with E-state index in [4.69, 9.17) is 9.97 Å². The maximum Gasteiger partial charge on any atom is 0.161 e. The molecule has 2 nitrogen and oxygen atoms in total. The monoisotopic (exact) mass is 772 g/mol. The van der Waals surface area contributed by atoms with Crippen molar-refractivity contribution in [3.05, 3.63) is 194 Å². The normalized spacial score (nSPS) is 11.8. The summed E-state index contributed by atoms with van der Waals surface area (Å²) in [5, 5.41) is 9.71. The van der Waals surface area contributed by atoms with E-state index in [1.807, 2.05) is 22.7 Å². The quantitative estimate of drug-likeness (QED) is 0.174. The molecule has 0 aliphatic rings. The molecule has 0 saturated heterocycles. The zero-order valence-corrected chi connectivity index (χ0v) is 32.8. The lowest BCUT2D eigenvalue weighted by molar-refractivity contribution is 1.19. The van der Waals surface area contributed by atoms with Crippen LogP contribution in [-0.4, -0.2) is 9.97 Å². The van der Waals surface area contributed by atoms with Crippen molar-refractivity contribution in [2.24, 2.45) is 0 Å². The van der Waals surface area contributed by atoms with E-state index in [2.05, 4.69) is 194 Å². The van der Waals surface area contributed by atoms with E-state index in [0.717, 1.165) is 44.4 Å². The first kappa shape index (κ1) is 33.2. The number of hydrogen-bond donors (Lipinski definition) is 0. The zero-order valence-electron chi connectivity index (χ0n) is 31.2. The molecule has 0 aliphatic heterocycles. The molecule has 12 aromatic rings. The maximum absolute atomic E-state index is 5.66. The summed E-state index contributed by atoms with van der Waals surface area (Å²) < 4.78 is 5.02. The summed E-state index contributed by atoms with van der Waals surface area (Å²) in [7, 11) is 0. The molecule has 0 spiro atoms. The van der Waals surface area contributed by atoms with Crippen molar-refractivity contribution in [3.63, 3.8) is 0 Å². The third-order valence-corrected chi connectivity index (χ3v) is 14.0. The summed E-state index contributed by atoms with van der Waals surface area (Å²) in [4.78, 5) is 11.3. The molecule has 270 valence electrons. The fourth-order valence-corrected chi connectivity index (χ4v) is 11.3. The molecule has 0 N–H and O–H groups in total. The topological polar surface area (TPSA) is 25.8 Å². The van der Waals surface area contributed by atoms with E-state index in [9.17, 15) is 0 Å². The Hall–Kier alpha value is -6.98. The van der Waals surface area contributed by atoms with E-state index in [1.165, 1.54) is 67.8 Å². The van der Waals surface area contributed by atoms with Crippen molar-refractivity contribution in [2.75, 3.05) is 0 Å². The summed E-state index contributed by atoms with van der Waals surface area (Å²) in [5.74, 6) is 0.711. The fraction of sp³-hybridized carbons (Fsp3) is 0. The predicted molar refractivity (Wildman–Crippen MR) is 250 cm³/mol. The molecule has 9 aromatic carbocycles. The van der Waals surface area contributed by atoms with Gasteiger partial charge in [-0.05, 0) is 62.0 Å². The zero-order chi connectivity index (χ0) is 38.2. The van der Waals surface area contributed by atoms with Gasteiger partial charge in [-0.25, -0.2) is 9.97 Å². The van der Waals surface area contributed by atoms with Crippen molar-refractivity contribution in [3.8, 4) is 56.2 Å². The Morgan fingerprint density at radius 3 is 1.36 bits per heavy atom. The molecule has 0 unspecified atom stereocenters. The van der Waals surface area contributed by atoms with Crippen molar-refractivity contribution < 1.29 is 0 Å². The minimum atomic E-state index is 0.711. The van der Waals surface area contributed by atoms with Gasteiger partial charge in [0.2, 0.25) is 0 Å². The number of hydrogen-bond acceptors (Lipinski definition) is 4. The van der Waals surface area contributed by atoms with Crippen LogP contribution >= 0.6 is 22.7 Å². The van der Waals surface area contributed by atoms with Crippen LogP contribution in [0.5, 0.6) is 0 Å². The van der Waals surface area contributed by atoms with Gasteiger partial charge in [0.1, 0.15) is 0 Å². The van der Waals surface area contributed by atoms with Crippen LogP contribution in [-0.2, 0) is 0 Å². The Morgan fingerprint density at radius 1 is 0.310 bits per heavy atom. The van der Waals surface area contributed by atoms with Gasteiger partial charge in [-0.1, -0.05) is 176 Å². The van der Waals surface area contributed by atoms with E-state index in [0.29, 0.717) is 5.82 Å². The number of fused-ring (bicyclic) bond motifs is 8. The van der Waals surface area contributed by atoms with Gasteiger partial charge in [-0.3, -0.25) is 0 Å². The van der Waals surface area contributed by atoms with Crippen LogP contribution in [0.15, 0.2) is 194 Å².